The van der Waals surface area contributed by atoms with Crippen LogP contribution in [0.15, 0.2) is 95.9 Å². The van der Waals surface area contributed by atoms with Gasteiger partial charge in [-0.3, -0.25) is 4.79 Å². The highest BCUT2D eigenvalue weighted by atomic mass is 32.2. The average Bonchev–Trinajstić information content (AvgIpc) is 3.08. The maximum atomic E-state index is 13.6. The number of anilines is 2. The molecule has 4 aromatic rings. The largest absolute Gasteiger partial charge is 0.488 e. The number of rotatable bonds is 8. The van der Waals surface area contributed by atoms with Crippen molar-refractivity contribution in [3.8, 4) is 5.75 Å². The van der Waals surface area contributed by atoms with Gasteiger partial charge in [-0.05, 0) is 48.7 Å². The van der Waals surface area contributed by atoms with Gasteiger partial charge in [0, 0.05) is 36.1 Å². The van der Waals surface area contributed by atoms with Crippen molar-refractivity contribution >= 4 is 44.1 Å². The zero-order chi connectivity index (χ0) is 32.1. The van der Waals surface area contributed by atoms with E-state index in [9.17, 15) is 23.1 Å². The Hall–Kier alpha value is -4.45. The number of urea groups is 1. The van der Waals surface area contributed by atoms with Crippen LogP contribution in [0.5, 0.6) is 5.75 Å². The smallest absolute Gasteiger partial charge is 0.323 e. The van der Waals surface area contributed by atoms with Gasteiger partial charge in [-0.2, -0.15) is 4.31 Å². The number of nitrogens with zero attached hydrogens (tertiary/aromatic N) is 2. The van der Waals surface area contributed by atoms with Gasteiger partial charge in [-0.25, -0.2) is 13.2 Å². The molecule has 1 aliphatic heterocycles. The van der Waals surface area contributed by atoms with Gasteiger partial charge in [0.25, 0.3) is 0 Å². The third-order valence-electron chi connectivity index (χ3n) is 8.10. The van der Waals surface area contributed by atoms with E-state index in [4.69, 9.17) is 4.74 Å². The number of hydrogen-bond acceptors (Lipinski definition) is 6. The first-order valence-electron chi connectivity index (χ1n) is 14.8. The third-order valence-corrected chi connectivity index (χ3v) is 9.94. The number of fused-ring (bicyclic) bond motifs is 2. The second-order valence-corrected chi connectivity index (χ2v) is 13.5. The van der Waals surface area contributed by atoms with Gasteiger partial charge in [-0.15, -0.1) is 0 Å². The maximum Gasteiger partial charge on any atom is 0.323 e. The Bertz CT molecular complexity index is 1780. The first-order chi connectivity index (χ1) is 21.6. The van der Waals surface area contributed by atoms with E-state index in [2.05, 4.69) is 10.6 Å². The number of sulfonamides is 1. The fourth-order valence-corrected chi connectivity index (χ4v) is 6.67. The van der Waals surface area contributed by atoms with E-state index in [1.54, 1.807) is 60.4 Å². The van der Waals surface area contributed by atoms with Crippen molar-refractivity contribution in [3.05, 3.63) is 96.6 Å². The predicted octanol–water partition coefficient (Wildman–Crippen LogP) is 4.95. The zero-order valence-electron chi connectivity index (χ0n) is 25.5. The Morgan fingerprint density at radius 2 is 1.73 bits per heavy atom. The molecule has 45 heavy (non-hydrogen) atoms. The molecule has 0 fully saturated rings. The number of carbonyl (C=O) groups is 2. The summed E-state index contributed by atoms with van der Waals surface area (Å²) in [5.41, 5.74) is 1.65. The standard InChI is InChI=1S/C34H38N4O6S/c1-23-20-38(24(2)22-39)33(40)19-26-18-27(35-34(41)36-30-15-9-11-25-10-7-8-14-29(25)30)16-17-31(26)44-32(23)21-37(3)45(42,43)28-12-5-4-6-13-28/h4-18,23-24,32,39H,19-22H2,1-3H3,(H2,35,36,41)/t23-,24-,32-/m0/s1. The molecule has 3 amide bonds. The van der Waals surface area contributed by atoms with Crippen LogP contribution in [-0.4, -0.2) is 73.6 Å². The summed E-state index contributed by atoms with van der Waals surface area (Å²) in [5, 5.41) is 17.6. The van der Waals surface area contributed by atoms with Gasteiger partial charge in [-0.1, -0.05) is 61.5 Å². The van der Waals surface area contributed by atoms with Crippen molar-refractivity contribution in [3.63, 3.8) is 0 Å². The van der Waals surface area contributed by atoms with Crippen LogP contribution in [-0.2, 0) is 21.2 Å². The van der Waals surface area contributed by atoms with Crippen LogP contribution in [0.4, 0.5) is 16.2 Å². The van der Waals surface area contributed by atoms with Gasteiger partial charge in [0.05, 0.1) is 36.2 Å². The number of aliphatic hydroxyl groups is 1. The van der Waals surface area contributed by atoms with Crippen molar-refractivity contribution in [2.75, 3.05) is 37.4 Å². The Balaban J connectivity index is 1.41. The Kier molecular flexibility index (Phi) is 9.71. The summed E-state index contributed by atoms with van der Waals surface area (Å²) < 4.78 is 34.4. The topological polar surface area (TPSA) is 128 Å². The van der Waals surface area contributed by atoms with E-state index in [1.165, 1.54) is 11.4 Å². The molecule has 5 rings (SSSR count). The summed E-state index contributed by atoms with van der Waals surface area (Å²) in [7, 11) is -2.29. The van der Waals surface area contributed by atoms with Crippen molar-refractivity contribution in [2.45, 2.75) is 37.3 Å². The van der Waals surface area contributed by atoms with E-state index >= 15 is 0 Å². The summed E-state index contributed by atoms with van der Waals surface area (Å²) in [6.45, 7) is 3.73. The molecule has 0 saturated heterocycles. The molecule has 1 heterocycles. The normalized spacial score (nSPS) is 17.9. The lowest BCUT2D eigenvalue weighted by atomic mass is 10.0. The van der Waals surface area contributed by atoms with Crippen molar-refractivity contribution < 1.29 is 27.9 Å². The van der Waals surface area contributed by atoms with E-state index in [0.717, 1.165) is 10.8 Å². The van der Waals surface area contributed by atoms with Gasteiger partial charge < -0.3 is 25.4 Å². The van der Waals surface area contributed by atoms with Crippen molar-refractivity contribution in [1.29, 1.82) is 0 Å². The molecule has 4 aromatic carbocycles. The van der Waals surface area contributed by atoms with E-state index in [-0.39, 0.29) is 42.8 Å². The van der Waals surface area contributed by atoms with Crippen LogP contribution < -0.4 is 15.4 Å². The molecule has 0 radical (unpaired) electrons. The molecular weight excluding hydrogens is 592 g/mol. The van der Waals surface area contributed by atoms with Crippen LogP contribution in [0, 0.1) is 5.92 Å². The molecule has 3 N–H and O–H groups in total. The summed E-state index contributed by atoms with van der Waals surface area (Å²) in [6, 6.07) is 25.7. The number of amides is 3. The molecule has 0 bridgehead atoms. The highest BCUT2D eigenvalue weighted by Gasteiger charge is 2.33. The minimum absolute atomic E-state index is 0.0286. The Morgan fingerprint density at radius 1 is 1.02 bits per heavy atom. The molecule has 236 valence electrons. The molecule has 0 aliphatic carbocycles. The van der Waals surface area contributed by atoms with Gasteiger partial charge >= 0.3 is 6.03 Å². The van der Waals surface area contributed by atoms with Gasteiger partial charge in [0.1, 0.15) is 11.9 Å². The number of carbonyl (C=O) groups excluding carboxylic acids is 2. The van der Waals surface area contributed by atoms with Crippen molar-refractivity contribution in [2.24, 2.45) is 5.92 Å². The second kappa shape index (κ2) is 13.7. The Morgan fingerprint density at radius 3 is 2.49 bits per heavy atom. The van der Waals surface area contributed by atoms with E-state index < -0.39 is 28.2 Å². The third kappa shape index (κ3) is 7.28. The number of nitrogens with one attached hydrogen (secondary N) is 2. The molecule has 0 saturated carbocycles. The van der Waals surface area contributed by atoms with Gasteiger partial charge in [0.15, 0.2) is 0 Å². The molecule has 10 nitrogen and oxygen atoms in total. The quantitative estimate of drug-likeness (QED) is 0.253. The summed E-state index contributed by atoms with van der Waals surface area (Å²) >= 11 is 0. The molecule has 0 spiro atoms. The molecule has 11 heteroatoms. The van der Waals surface area contributed by atoms with E-state index in [1.807, 2.05) is 49.4 Å². The fourth-order valence-electron chi connectivity index (χ4n) is 5.47. The highest BCUT2D eigenvalue weighted by Crippen LogP contribution is 2.30. The van der Waals surface area contributed by atoms with Crippen LogP contribution in [0.1, 0.15) is 19.4 Å². The van der Waals surface area contributed by atoms with Crippen LogP contribution in [0.25, 0.3) is 10.8 Å². The minimum Gasteiger partial charge on any atom is -0.488 e. The maximum absolute atomic E-state index is 13.6. The molecule has 3 atom stereocenters. The van der Waals surface area contributed by atoms with Crippen LogP contribution in [0.2, 0.25) is 0 Å². The van der Waals surface area contributed by atoms with Crippen LogP contribution in [0.3, 0.4) is 0 Å². The number of aliphatic hydroxyl groups excluding tert-OH is 1. The summed E-state index contributed by atoms with van der Waals surface area (Å²) in [5.74, 6) is -0.0765. The first-order valence-corrected chi connectivity index (χ1v) is 16.3. The fraction of sp³-hybridized carbons (Fsp3) is 0.294. The molecular formula is C34H38N4O6S. The molecule has 0 aromatic heterocycles. The first kappa shape index (κ1) is 32.0. The SMILES string of the molecule is C[C@H]1CN([C@@H](C)CO)C(=O)Cc2cc(NC(=O)Nc3cccc4ccccc34)ccc2O[C@H]1CN(C)S(=O)(=O)c1ccccc1. The lowest BCUT2D eigenvalue weighted by molar-refractivity contribution is -0.134. The number of benzene rings is 4. The zero-order valence-corrected chi connectivity index (χ0v) is 26.3. The van der Waals surface area contributed by atoms with Crippen LogP contribution >= 0.6 is 0 Å². The lowest BCUT2D eigenvalue weighted by Crippen LogP contribution is -2.48. The lowest BCUT2D eigenvalue weighted by Gasteiger charge is -2.33. The number of ether oxygens (including phenoxy) is 1. The molecule has 0 unspecified atom stereocenters. The Labute approximate surface area is 263 Å². The van der Waals surface area contributed by atoms with E-state index in [0.29, 0.717) is 22.7 Å². The summed E-state index contributed by atoms with van der Waals surface area (Å²) in [6.07, 6.45) is -0.655. The highest BCUT2D eigenvalue weighted by molar-refractivity contribution is 7.89. The minimum atomic E-state index is -3.80. The average molecular weight is 631 g/mol. The number of hydrogen-bond donors (Lipinski definition) is 3. The number of likely N-dealkylation sites (N-methyl/N-ethyl adjacent to an activating group) is 1. The summed E-state index contributed by atoms with van der Waals surface area (Å²) in [4.78, 5) is 28.4. The van der Waals surface area contributed by atoms with Crippen molar-refractivity contribution in [1.82, 2.24) is 9.21 Å². The monoisotopic (exact) mass is 630 g/mol. The predicted molar refractivity (Wildman–Crippen MR) is 175 cm³/mol. The second-order valence-electron chi connectivity index (χ2n) is 11.4. The van der Waals surface area contributed by atoms with Gasteiger partial charge in [0.2, 0.25) is 15.9 Å². The molecule has 1 aliphatic rings.